The largest absolute Gasteiger partial charge is 0.353 e. The molecule has 0 saturated carbocycles. The van der Waals surface area contributed by atoms with E-state index in [1.807, 2.05) is 6.07 Å². The molecule has 1 aromatic heterocycles. The summed E-state index contributed by atoms with van der Waals surface area (Å²) in [5.74, 6) is 1.45. The van der Waals surface area contributed by atoms with Gasteiger partial charge in [0.05, 0.1) is 6.20 Å². The van der Waals surface area contributed by atoms with E-state index in [0.29, 0.717) is 5.95 Å². The van der Waals surface area contributed by atoms with Gasteiger partial charge in [-0.15, -0.1) is 5.10 Å². The maximum atomic E-state index is 4.52. The van der Waals surface area contributed by atoms with Gasteiger partial charge < -0.3 is 10.2 Å². The molecule has 2 aromatic rings. The van der Waals surface area contributed by atoms with Crippen LogP contribution in [0.2, 0.25) is 0 Å². The molecule has 0 aliphatic heterocycles. The van der Waals surface area contributed by atoms with Gasteiger partial charge >= 0.3 is 0 Å². The van der Waals surface area contributed by atoms with Crippen LogP contribution in [0.4, 0.5) is 11.8 Å². The number of benzene rings is 1. The lowest BCUT2D eigenvalue weighted by Gasteiger charge is -2.21. The fourth-order valence-electron chi connectivity index (χ4n) is 1.92. The van der Waals surface area contributed by atoms with Gasteiger partial charge in [-0.25, -0.2) is 0 Å². The molecule has 5 nitrogen and oxygen atoms in total. The monoisotopic (exact) mass is 271 g/mol. The smallest absolute Gasteiger partial charge is 0.244 e. The first-order chi connectivity index (χ1) is 9.83. The highest BCUT2D eigenvalue weighted by molar-refractivity contribution is 5.41. The molecule has 0 unspecified atom stereocenters. The van der Waals surface area contributed by atoms with Gasteiger partial charge in [0.2, 0.25) is 5.95 Å². The molecule has 0 radical (unpaired) electrons. The highest BCUT2D eigenvalue weighted by Gasteiger charge is 2.08. The van der Waals surface area contributed by atoms with Crippen LogP contribution in [0, 0.1) is 0 Å². The quantitative estimate of drug-likeness (QED) is 0.839. The Morgan fingerprint density at radius 3 is 2.65 bits per heavy atom. The average molecular weight is 271 g/mol. The molecule has 0 fully saturated rings. The normalized spacial score (nSPS) is 10.3. The Kier molecular flexibility index (Phi) is 5.29. The van der Waals surface area contributed by atoms with Crippen LogP contribution < -0.4 is 10.2 Å². The van der Waals surface area contributed by atoms with E-state index in [2.05, 4.69) is 63.5 Å². The number of rotatable bonds is 7. The van der Waals surface area contributed by atoms with Gasteiger partial charge in [0, 0.05) is 19.6 Å². The number of aromatic nitrogens is 3. The fraction of sp³-hybridized carbons (Fsp3) is 0.400. The van der Waals surface area contributed by atoms with Crippen LogP contribution in [0.5, 0.6) is 0 Å². The minimum absolute atomic E-state index is 0.593. The van der Waals surface area contributed by atoms with Crippen molar-refractivity contribution < 1.29 is 0 Å². The molecule has 1 heterocycles. The minimum atomic E-state index is 0.593. The third-order valence-corrected chi connectivity index (χ3v) is 3.00. The molecular weight excluding hydrogens is 250 g/mol. The van der Waals surface area contributed by atoms with E-state index in [9.17, 15) is 0 Å². The average Bonchev–Trinajstić information content (AvgIpc) is 2.52. The zero-order valence-corrected chi connectivity index (χ0v) is 12.1. The van der Waals surface area contributed by atoms with E-state index in [0.717, 1.165) is 31.9 Å². The first-order valence-corrected chi connectivity index (χ1v) is 7.06. The highest BCUT2D eigenvalue weighted by atomic mass is 15.3. The second kappa shape index (κ2) is 7.43. The molecule has 1 aromatic carbocycles. The maximum absolute atomic E-state index is 4.52. The van der Waals surface area contributed by atoms with Gasteiger partial charge in [-0.05, 0) is 18.9 Å². The van der Waals surface area contributed by atoms with E-state index in [-0.39, 0.29) is 0 Å². The molecule has 0 bridgehead atoms. The van der Waals surface area contributed by atoms with Crippen molar-refractivity contribution in [3.63, 3.8) is 0 Å². The Morgan fingerprint density at radius 2 is 1.95 bits per heavy atom. The Hall–Kier alpha value is -2.17. The van der Waals surface area contributed by atoms with Gasteiger partial charge in [0.1, 0.15) is 0 Å². The zero-order chi connectivity index (χ0) is 14.2. The van der Waals surface area contributed by atoms with Crippen LogP contribution in [0.1, 0.15) is 25.8 Å². The lowest BCUT2D eigenvalue weighted by atomic mass is 10.2. The first-order valence-electron chi connectivity index (χ1n) is 7.06. The van der Waals surface area contributed by atoms with Gasteiger partial charge in [-0.2, -0.15) is 10.1 Å². The lowest BCUT2D eigenvalue weighted by molar-refractivity contribution is 0.794. The van der Waals surface area contributed by atoms with Crippen LogP contribution in [-0.2, 0) is 6.54 Å². The molecule has 0 saturated heterocycles. The number of hydrogen-bond donors (Lipinski definition) is 1. The Bertz CT molecular complexity index is 515. The zero-order valence-electron chi connectivity index (χ0n) is 12.1. The Labute approximate surface area is 120 Å². The van der Waals surface area contributed by atoms with Gasteiger partial charge in [0.15, 0.2) is 5.82 Å². The number of nitrogens with one attached hydrogen (secondary N) is 1. The molecule has 1 N–H and O–H groups in total. The molecule has 106 valence electrons. The van der Waals surface area contributed by atoms with Crippen molar-refractivity contribution in [1.82, 2.24) is 15.2 Å². The predicted octanol–water partition coefficient (Wildman–Crippen LogP) is 2.72. The number of hydrogen-bond acceptors (Lipinski definition) is 5. The summed E-state index contributed by atoms with van der Waals surface area (Å²) in [4.78, 5) is 6.70. The van der Waals surface area contributed by atoms with Gasteiger partial charge in [0.25, 0.3) is 0 Å². The van der Waals surface area contributed by atoms with Gasteiger partial charge in [-0.1, -0.05) is 37.3 Å². The second-order valence-electron chi connectivity index (χ2n) is 4.56. The molecule has 0 amide bonds. The van der Waals surface area contributed by atoms with Crippen molar-refractivity contribution in [2.24, 2.45) is 0 Å². The molecule has 0 aliphatic rings. The molecule has 2 rings (SSSR count). The molecule has 0 atom stereocenters. The van der Waals surface area contributed by atoms with Crippen molar-refractivity contribution in [3.05, 3.63) is 42.1 Å². The van der Waals surface area contributed by atoms with Crippen molar-refractivity contribution >= 4 is 11.8 Å². The molecule has 5 heteroatoms. The van der Waals surface area contributed by atoms with Crippen LogP contribution in [0.15, 0.2) is 36.5 Å². The summed E-state index contributed by atoms with van der Waals surface area (Å²) in [5.41, 5.74) is 1.26. The van der Waals surface area contributed by atoms with Crippen molar-refractivity contribution in [2.45, 2.75) is 26.8 Å². The number of anilines is 2. The molecule has 0 aliphatic carbocycles. The second-order valence-corrected chi connectivity index (χ2v) is 4.56. The molecular formula is C15H21N5. The Balaban J connectivity index is 2.10. The van der Waals surface area contributed by atoms with E-state index < -0.39 is 0 Å². The molecule has 20 heavy (non-hydrogen) atoms. The van der Waals surface area contributed by atoms with E-state index in [1.54, 1.807) is 6.20 Å². The molecule has 0 spiro atoms. The summed E-state index contributed by atoms with van der Waals surface area (Å²) >= 11 is 0. The summed E-state index contributed by atoms with van der Waals surface area (Å²) in [6, 6.07) is 10.4. The maximum Gasteiger partial charge on any atom is 0.244 e. The van der Waals surface area contributed by atoms with Crippen molar-refractivity contribution in [3.8, 4) is 0 Å². The summed E-state index contributed by atoms with van der Waals surface area (Å²) in [5, 5.41) is 11.2. The fourth-order valence-corrected chi connectivity index (χ4v) is 1.92. The summed E-state index contributed by atoms with van der Waals surface area (Å²) in [6.45, 7) is 6.78. The summed E-state index contributed by atoms with van der Waals surface area (Å²) in [6.07, 6.45) is 2.75. The summed E-state index contributed by atoms with van der Waals surface area (Å²) in [7, 11) is 0. The minimum Gasteiger partial charge on any atom is -0.353 e. The van der Waals surface area contributed by atoms with Gasteiger partial charge in [-0.3, -0.25) is 0 Å². The third kappa shape index (κ3) is 3.91. The van der Waals surface area contributed by atoms with Crippen LogP contribution in [-0.4, -0.2) is 28.3 Å². The van der Waals surface area contributed by atoms with E-state index >= 15 is 0 Å². The SMILES string of the molecule is CCCNc1nncc(N(CC)Cc2ccccc2)n1. The Morgan fingerprint density at radius 1 is 1.15 bits per heavy atom. The first kappa shape index (κ1) is 14.2. The standard InChI is InChI=1S/C15H21N5/c1-3-10-16-15-18-14(11-17-19-15)20(4-2)12-13-8-6-5-7-9-13/h5-9,11H,3-4,10,12H2,1-2H3,(H,16,18,19). The summed E-state index contributed by atoms with van der Waals surface area (Å²) < 4.78 is 0. The number of nitrogens with zero attached hydrogens (tertiary/aromatic N) is 4. The lowest BCUT2D eigenvalue weighted by Crippen LogP contribution is -2.24. The van der Waals surface area contributed by atoms with E-state index in [1.165, 1.54) is 5.56 Å². The van der Waals surface area contributed by atoms with Crippen LogP contribution >= 0.6 is 0 Å². The van der Waals surface area contributed by atoms with Crippen molar-refractivity contribution in [1.29, 1.82) is 0 Å². The van der Waals surface area contributed by atoms with Crippen LogP contribution in [0.3, 0.4) is 0 Å². The highest BCUT2D eigenvalue weighted by Crippen LogP contribution is 2.14. The van der Waals surface area contributed by atoms with Crippen LogP contribution in [0.25, 0.3) is 0 Å². The third-order valence-electron chi connectivity index (χ3n) is 3.00. The van der Waals surface area contributed by atoms with Crippen molar-refractivity contribution in [2.75, 3.05) is 23.3 Å². The topological polar surface area (TPSA) is 53.9 Å². The predicted molar refractivity (Wildman–Crippen MR) is 81.8 cm³/mol. The van der Waals surface area contributed by atoms with E-state index in [4.69, 9.17) is 0 Å².